The number of alkyl carbamates (subject to hydrolysis) is 1. The average molecular weight is 493 g/mol. The first-order valence-electron chi connectivity index (χ1n) is 12.8. The van der Waals surface area contributed by atoms with E-state index in [1.807, 2.05) is 39.2 Å². The van der Waals surface area contributed by atoms with Crippen LogP contribution in [0.15, 0.2) is 24.5 Å². The van der Waals surface area contributed by atoms with Gasteiger partial charge in [0.2, 0.25) is 0 Å². The highest BCUT2D eigenvalue weighted by atomic mass is 16.6. The smallest absolute Gasteiger partial charge is 0.407 e. The van der Waals surface area contributed by atoms with Crippen LogP contribution in [0.4, 0.5) is 22.1 Å². The summed E-state index contributed by atoms with van der Waals surface area (Å²) >= 11 is 0. The molecule has 2 aliphatic rings. The maximum atomic E-state index is 12.1. The molecule has 0 aliphatic carbocycles. The number of nitrogens with one attached hydrogen (secondary N) is 2. The van der Waals surface area contributed by atoms with E-state index in [9.17, 15) is 4.79 Å². The Hall–Kier alpha value is -3.43. The number of carbonyl (C=O) groups is 1. The first-order valence-corrected chi connectivity index (χ1v) is 12.8. The summed E-state index contributed by atoms with van der Waals surface area (Å²) in [5.74, 6) is 2.06. The molecular weight excluding hydrogens is 456 g/mol. The summed E-state index contributed by atoms with van der Waals surface area (Å²) in [5, 5.41) is 10.6. The number of H-pyrrole nitrogens is 1. The largest absolute Gasteiger partial charge is 0.444 e. The quantitative estimate of drug-likeness (QED) is 0.547. The third kappa shape index (κ3) is 4.94. The lowest BCUT2D eigenvalue weighted by molar-refractivity contribution is 0.0495. The van der Waals surface area contributed by atoms with Crippen molar-refractivity contribution in [1.29, 1.82) is 0 Å². The van der Waals surface area contributed by atoms with Crippen LogP contribution >= 0.6 is 0 Å². The zero-order valence-corrected chi connectivity index (χ0v) is 21.8. The van der Waals surface area contributed by atoms with E-state index in [0.717, 1.165) is 67.4 Å². The fraction of sp³-hybridized carbons (Fsp3) is 0.577. The fourth-order valence-corrected chi connectivity index (χ4v) is 4.99. The van der Waals surface area contributed by atoms with Crippen LogP contribution < -0.4 is 15.1 Å². The van der Waals surface area contributed by atoms with Gasteiger partial charge >= 0.3 is 6.09 Å². The zero-order valence-electron chi connectivity index (χ0n) is 21.8. The normalized spacial score (nSPS) is 19.8. The van der Waals surface area contributed by atoms with E-state index in [1.54, 1.807) is 0 Å². The topological polar surface area (TPSA) is 112 Å². The van der Waals surface area contributed by atoms with Gasteiger partial charge in [-0.25, -0.2) is 14.8 Å². The molecule has 1 saturated heterocycles. The lowest BCUT2D eigenvalue weighted by Gasteiger charge is -2.40. The first-order chi connectivity index (χ1) is 17.1. The summed E-state index contributed by atoms with van der Waals surface area (Å²) in [6, 6.07) is 4.07. The predicted octanol–water partition coefficient (Wildman–Crippen LogP) is 4.52. The fourth-order valence-electron chi connectivity index (χ4n) is 4.99. The molecule has 192 valence electrons. The van der Waals surface area contributed by atoms with Crippen molar-refractivity contribution in [3.63, 3.8) is 0 Å². The van der Waals surface area contributed by atoms with E-state index in [-0.39, 0.29) is 11.5 Å². The number of amides is 1. The van der Waals surface area contributed by atoms with E-state index in [2.05, 4.69) is 50.2 Å². The van der Waals surface area contributed by atoms with Crippen LogP contribution in [-0.4, -0.2) is 63.0 Å². The molecule has 0 aromatic carbocycles. The number of piperidine rings is 1. The van der Waals surface area contributed by atoms with E-state index < -0.39 is 5.60 Å². The molecule has 2 N–H and O–H groups in total. The number of hydrogen-bond acceptors (Lipinski definition) is 8. The number of fused-ring (bicyclic) bond motifs is 2. The summed E-state index contributed by atoms with van der Waals surface area (Å²) in [6.45, 7) is 13.2. The van der Waals surface area contributed by atoms with Gasteiger partial charge in [-0.15, -0.1) is 0 Å². The van der Waals surface area contributed by atoms with Crippen LogP contribution in [0.1, 0.15) is 65.5 Å². The molecular formula is C26H36N8O2. The number of rotatable bonds is 4. The summed E-state index contributed by atoms with van der Waals surface area (Å²) < 4.78 is 5.38. The Morgan fingerprint density at radius 2 is 2.03 bits per heavy atom. The van der Waals surface area contributed by atoms with Crippen molar-refractivity contribution >= 4 is 34.6 Å². The van der Waals surface area contributed by atoms with Crippen LogP contribution in [0.2, 0.25) is 0 Å². The summed E-state index contributed by atoms with van der Waals surface area (Å²) in [6.07, 6.45) is 6.22. The summed E-state index contributed by atoms with van der Waals surface area (Å²) in [7, 11) is 0. The highest BCUT2D eigenvalue weighted by molar-refractivity contribution is 5.87. The Morgan fingerprint density at radius 1 is 1.25 bits per heavy atom. The van der Waals surface area contributed by atoms with Gasteiger partial charge < -0.3 is 19.9 Å². The molecule has 1 atom stereocenters. The van der Waals surface area contributed by atoms with Crippen LogP contribution in [0.3, 0.4) is 0 Å². The third-order valence-electron chi connectivity index (χ3n) is 7.21. The highest BCUT2D eigenvalue weighted by Gasteiger charge is 2.32. The number of aromatic amines is 1. The first kappa shape index (κ1) is 24.3. The van der Waals surface area contributed by atoms with Gasteiger partial charge in [0, 0.05) is 38.3 Å². The van der Waals surface area contributed by atoms with Crippen molar-refractivity contribution in [2.24, 2.45) is 5.41 Å². The Labute approximate surface area is 211 Å². The molecule has 0 radical (unpaired) electrons. The second kappa shape index (κ2) is 9.22. The lowest BCUT2D eigenvalue weighted by atomic mass is 9.80. The van der Waals surface area contributed by atoms with Gasteiger partial charge in [-0.2, -0.15) is 5.10 Å². The molecule has 0 saturated carbocycles. The van der Waals surface area contributed by atoms with Gasteiger partial charge in [0.05, 0.1) is 17.6 Å². The number of hydrogen-bond donors (Lipinski definition) is 2. The van der Waals surface area contributed by atoms with Gasteiger partial charge in [-0.1, -0.05) is 13.8 Å². The molecule has 3 aromatic rings. The lowest BCUT2D eigenvalue weighted by Crippen LogP contribution is -2.46. The maximum absolute atomic E-state index is 12.1. The van der Waals surface area contributed by atoms with Crippen molar-refractivity contribution < 1.29 is 9.53 Å². The van der Waals surface area contributed by atoms with Gasteiger partial charge in [0.25, 0.3) is 0 Å². The SMILES string of the molecule is C[C@@H]1CCN(c2n[nH]c3nc(N4CCC(C)(CNC(=O)OC(C)(C)C)CC4)cnc23)c2cccnc21. The van der Waals surface area contributed by atoms with E-state index in [1.165, 1.54) is 0 Å². The zero-order chi connectivity index (χ0) is 25.5. The van der Waals surface area contributed by atoms with Gasteiger partial charge in [-0.3, -0.25) is 10.1 Å². The Morgan fingerprint density at radius 3 is 2.78 bits per heavy atom. The van der Waals surface area contributed by atoms with Crippen molar-refractivity contribution in [3.05, 3.63) is 30.2 Å². The van der Waals surface area contributed by atoms with Gasteiger partial charge in [-0.05, 0) is 57.6 Å². The van der Waals surface area contributed by atoms with Crippen LogP contribution in [-0.2, 0) is 4.74 Å². The minimum atomic E-state index is -0.495. The van der Waals surface area contributed by atoms with Crippen molar-refractivity contribution in [2.75, 3.05) is 36.0 Å². The average Bonchev–Trinajstić information content (AvgIpc) is 3.26. The number of nitrogens with zero attached hydrogens (tertiary/aromatic N) is 6. The molecule has 5 rings (SSSR count). The van der Waals surface area contributed by atoms with Gasteiger partial charge in [0.15, 0.2) is 17.0 Å². The number of aromatic nitrogens is 5. The third-order valence-corrected chi connectivity index (χ3v) is 7.21. The molecule has 36 heavy (non-hydrogen) atoms. The molecule has 5 heterocycles. The molecule has 3 aromatic heterocycles. The van der Waals surface area contributed by atoms with Crippen LogP contribution in [0.25, 0.3) is 11.2 Å². The van der Waals surface area contributed by atoms with Gasteiger partial charge in [0.1, 0.15) is 11.4 Å². The summed E-state index contributed by atoms with van der Waals surface area (Å²) in [4.78, 5) is 30.8. The number of carbonyl (C=O) groups excluding carboxylic acids is 1. The summed E-state index contributed by atoms with van der Waals surface area (Å²) in [5.41, 5.74) is 3.16. The van der Waals surface area contributed by atoms with Crippen LogP contribution in [0.5, 0.6) is 0 Å². The van der Waals surface area contributed by atoms with Crippen molar-refractivity contribution in [1.82, 2.24) is 30.5 Å². The molecule has 2 aliphatic heterocycles. The number of pyridine rings is 1. The molecule has 0 bridgehead atoms. The molecule has 0 unspecified atom stereocenters. The standard InChI is InChI=1S/C26H36N8O2/c1-17-8-12-34(18-7-6-11-27-20(17)18)23-21-22(31-32-23)30-19(15-28-21)33-13-9-26(5,10-14-33)16-29-24(35)36-25(2,3)4/h6-7,11,15,17H,8-10,12-14,16H2,1-5H3,(H,29,35)(H,30,31,32)/t17-/m1/s1. The minimum Gasteiger partial charge on any atom is -0.444 e. The molecule has 1 amide bonds. The predicted molar refractivity (Wildman–Crippen MR) is 140 cm³/mol. The monoisotopic (exact) mass is 492 g/mol. The molecule has 10 heteroatoms. The van der Waals surface area contributed by atoms with E-state index in [0.29, 0.717) is 18.1 Å². The molecule has 0 spiro atoms. The maximum Gasteiger partial charge on any atom is 0.407 e. The number of anilines is 3. The van der Waals surface area contributed by atoms with E-state index in [4.69, 9.17) is 14.7 Å². The van der Waals surface area contributed by atoms with E-state index >= 15 is 0 Å². The minimum absolute atomic E-state index is 0.0128. The second-order valence-electron chi connectivity index (χ2n) is 11.4. The Kier molecular flexibility index (Phi) is 6.22. The Balaban J connectivity index is 1.26. The molecule has 10 nitrogen and oxygen atoms in total. The highest BCUT2D eigenvalue weighted by Crippen LogP contribution is 2.39. The van der Waals surface area contributed by atoms with Crippen molar-refractivity contribution in [3.8, 4) is 0 Å². The van der Waals surface area contributed by atoms with Crippen molar-refractivity contribution in [2.45, 2.75) is 65.4 Å². The number of ether oxygens (including phenoxy) is 1. The van der Waals surface area contributed by atoms with Crippen LogP contribution in [0, 0.1) is 5.41 Å². The second-order valence-corrected chi connectivity index (χ2v) is 11.4. The Bertz CT molecular complexity index is 1240. The molecule has 1 fully saturated rings.